The van der Waals surface area contributed by atoms with Crippen LogP contribution in [-0.4, -0.2) is 0 Å². The van der Waals surface area contributed by atoms with Crippen LogP contribution in [0.2, 0.25) is 0 Å². The van der Waals surface area contributed by atoms with E-state index in [0.29, 0.717) is 0 Å². The summed E-state index contributed by atoms with van der Waals surface area (Å²) in [4.78, 5) is 4.66. The van der Waals surface area contributed by atoms with E-state index in [1.807, 2.05) is 0 Å². The fourth-order valence-electron chi connectivity index (χ4n) is 5.52. The molecule has 0 bridgehead atoms. The Morgan fingerprint density at radius 1 is 0.429 bits per heavy atom. The van der Waals surface area contributed by atoms with Crippen molar-refractivity contribution in [3.8, 4) is 11.1 Å². The number of rotatable bonds is 8. The minimum absolute atomic E-state index is 1.03. The van der Waals surface area contributed by atoms with Crippen LogP contribution >= 0.6 is 0 Å². The van der Waals surface area contributed by atoms with Crippen molar-refractivity contribution in [2.75, 3.05) is 9.80 Å². The third-order valence-corrected chi connectivity index (χ3v) is 7.82. The standard InChI is InChI=1S/C40H36N2/c1-4-32-17-23-36(24-18-32)41(39-15-10-11-30(2)29-39)37-25-19-33(20-26-37)34-21-27-38(28-22-34)42(35-13-6-5-7-14-35)40-16-9-8-12-31(40)3/h5-29H,4H2,1-3H3. The normalized spacial score (nSPS) is 10.8. The smallest absolute Gasteiger partial charge is 0.0490 e. The van der Waals surface area contributed by atoms with Crippen LogP contribution in [-0.2, 0) is 6.42 Å². The van der Waals surface area contributed by atoms with E-state index in [1.165, 1.54) is 33.5 Å². The van der Waals surface area contributed by atoms with Crippen molar-refractivity contribution in [1.29, 1.82) is 0 Å². The molecule has 2 heteroatoms. The lowest BCUT2D eigenvalue weighted by Crippen LogP contribution is -2.11. The first-order valence-corrected chi connectivity index (χ1v) is 14.7. The summed E-state index contributed by atoms with van der Waals surface area (Å²) < 4.78 is 0. The molecular formula is C40H36N2. The first-order chi connectivity index (χ1) is 20.6. The minimum atomic E-state index is 1.03. The van der Waals surface area contributed by atoms with E-state index < -0.39 is 0 Å². The molecule has 0 N–H and O–H groups in total. The summed E-state index contributed by atoms with van der Waals surface area (Å²) in [6.45, 7) is 6.51. The Kier molecular flexibility index (Phi) is 7.87. The number of para-hydroxylation sites is 2. The van der Waals surface area contributed by atoms with Crippen LogP contribution in [0.25, 0.3) is 11.1 Å². The molecule has 6 aromatic carbocycles. The molecule has 0 atom stereocenters. The summed E-state index contributed by atoms with van der Waals surface area (Å²) in [6, 6.07) is 54.5. The van der Waals surface area contributed by atoms with Crippen molar-refractivity contribution in [3.63, 3.8) is 0 Å². The quantitative estimate of drug-likeness (QED) is 0.188. The second-order valence-electron chi connectivity index (χ2n) is 10.7. The number of hydrogen-bond donors (Lipinski definition) is 0. The summed E-state index contributed by atoms with van der Waals surface area (Å²) >= 11 is 0. The second kappa shape index (κ2) is 12.2. The lowest BCUT2D eigenvalue weighted by molar-refractivity contribution is 1.14. The van der Waals surface area contributed by atoms with Crippen LogP contribution < -0.4 is 9.80 Å². The van der Waals surface area contributed by atoms with Crippen molar-refractivity contribution in [2.24, 2.45) is 0 Å². The van der Waals surface area contributed by atoms with Gasteiger partial charge in [0.05, 0.1) is 0 Å². The lowest BCUT2D eigenvalue weighted by atomic mass is 10.0. The Bertz CT molecular complexity index is 1750. The van der Waals surface area contributed by atoms with Gasteiger partial charge in [-0.15, -0.1) is 0 Å². The Hall–Kier alpha value is -5.08. The monoisotopic (exact) mass is 544 g/mol. The third-order valence-electron chi connectivity index (χ3n) is 7.82. The molecule has 0 unspecified atom stereocenters. The van der Waals surface area contributed by atoms with Gasteiger partial charge in [-0.2, -0.15) is 0 Å². The van der Waals surface area contributed by atoms with Gasteiger partial charge in [-0.1, -0.05) is 91.9 Å². The predicted molar refractivity (Wildman–Crippen MR) is 180 cm³/mol. The average molecular weight is 545 g/mol. The maximum atomic E-state index is 2.33. The summed E-state index contributed by atoms with van der Waals surface area (Å²) in [6.07, 6.45) is 1.03. The van der Waals surface area contributed by atoms with Crippen molar-refractivity contribution in [1.82, 2.24) is 0 Å². The SMILES string of the molecule is CCc1ccc(N(c2ccc(-c3ccc(N(c4ccccc4)c4ccccc4C)cc3)cc2)c2cccc(C)c2)cc1. The van der Waals surface area contributed by atoms with Gasteiger partial charge in [-0.25, -0.2) is 0 Å². The minimum Gasteiger partial charge on any atom is -0.310 e. The highest BCUT2D eigenvalue weighted by Crippen LogP contribution is 2.39. The molecule has 0 aromatic heterocycles. The van der Waals surface area contributed by atoms with Gasteiger partial charge in [0, 0.05) is 34.1 Å². The highest BCUT2D eigenvalue weighted by molar-refractivity contribution is 5.81. The number of hydrogen-bond acceptors (Lipinski definition) is 2. The van der Waals surface area contributed by atoms with Crippen molar-refractivity contribution >= 4 is 34.1 Å². The Balaban J connectivity index is 1.32. The van der Waals surface area contributed by atoms with Gasteiger partial charge in [-0.3, -0.25) is 0 Å². The van der Waals surface area contributed by atoms with Gasteiger partial charge in [0.15, 0.2) is 0 Å². The number of nitrogens with zero attached hydrogens (tertiary/aromatic N) is 2. The van der Waals surface area contributed by atoms with E-state index in [-0.39, 0.29) is 0 Å². The topological polar surface area (TPSA) is 6.48 Å². The largest absolute Gasteiger partial charge is 0.310 e. The number of anilines is 6. The molecule has 2 nitrogen and oxygen atoms in total. The maximum absolute atomic E-state index is 2.33. The van der Waals surface area contributed by atoms with Gasteiger partial charge in [0.2, 0.25) is 0 Å². The molecule has 6 rings (SSSR count). The van der Waals surface area contributed by atoms with Crippen LogP contribution in [0.15, 0.2) is 152 Å². The molecule has 0 radical (unpaired) electrons. The fraction of sp³-hybridized carbons (Fsp3) is 0.100. The molecule has 6 aromatic rings. The Morgan fingerprint density at radius 3 is 1.50 bits per heavy atom. The van der Waals surface area contributed by atoms with Gasteiger partial charge in [0.25, 0.3) is 0 Å². The highest BCUT2D eigenvalue weighted by atomic mass is 15.1. The third kappa shape index (κ3) is 5.70. The molecular weight excluding hydrogens is 508 g/mol. The van der Waals surface area contributed by atoms with Crippen LogP contribution in [0, 0.1) is 13.8 Å². The van der Waals surface area contributed by atoms with Crippen molar-refractivity contribution in [3.05, 3.63) is 168 Å². The molecule has 206 valence electrons. The van der Waals surface area contributed by atoms with Crippen molar-refractivity contribution in [2.45, 2.75) is 27.2 Å². The average Bonchev–Trinajstić information content (AvgIpc) is 3.04. The van der Waals surface area contributed by atoms with E-state index >= 15 is 0 Å². The van der Waals surface area contributed by atoms with Gasteiger partial charge in [-0.05, 0) is 115 Å². The maximum Gasteiger partial charge on any atom is 0.0490 e. The van der Waals surface area contributed by atoms with Crippen LogP contribution in [0.4, 0.5) is 34.1 Å². The predicted octanol–water partition coefficient (Wildman–Crippen LogP) is 11.5. The molecule has 0 amide bonds. The molecule has 0 fully saturated rings. The van der Waals surface area contributed by atoms with E-state index in [9.17, 15) is 0 Å². The first kappa shape index (κ1) is 27.1. The Labute approximate surface area is 250 Å². The van der Waals surface area contributed by atoms with E-state index in [2.05, 4.69) is 182 Å². The van der Waals surface area contributed by atoms with Crippen LogP contribution in [0.3, 0.4) is 0 Å². The Morgan fingerprint density at radius 2 is 0.929 bits per heavy atom. The van der Waals surface area contributed by atoms with Gasteiger partial charge in [0.1, 0.15) is 0 Å². The second-order valence-corrected chi connectivity index (χ2v) is 10.7. The van der Waals surface area contributed by atoms with Gasteiger partial charge < -0.3 is 9.80 Å². The molecule has 0 heterocycles. The zero-order valence-corrected chi connectivity index (χ0v) is 24.5. The van der Waals surface area contributed by atoms with Crippen LogP contribution in [0.5, 0.6) is 0 Å². The summed E-state index contributed by atoms with van der Waals surface area (Å²) in [5.41, 5.74) is 13.1. The highest BCUT2D eigenvalue weighted by Gasteiger charge is 2.15. The van der Waals surface area contributed by atoms with E-state index in [4.69, 9.17) is 0 Å². The fourth-order valence-corrected chi connectivity index (χ4v) is 5.52. The molecule has 42 heavy (non-hydrogen) atoms. The molecule has 0 aliphatic heterocycles. The lowest BCUT2D eigenvalue weighted by Gasteiger charge is -2.27. The molecule has 0 spiro atoms. The molecule has 0 saturated carbocycles. The van der Waals surface area contributed by atoms with E-state index in [0.717, 1.165) is 34.9 Å². The molecule has 0 saturated heterocycles. The van der Waals surface area contributed by atoms with Crippen molar-refractivity contribution < 1.29 is 0 Å². The number of aryl methyl sites for hydroxylation is 3. The first-order valence-electron chi connectivity index (χ1n) is 14.7. The zero-order valence-electron chi connectivity index (χ0n) is 24.5. The molecule has 0 aliphatic rings. The summed E-state index contributed by atoms with van der Waals surface area (Å²) in [5.74, 6) is 0. The van der Waals surface area contributed by atoms with Crippen LogP contribution in [0.1, 0.15) is 23.6 Å². The molecule has 0 aliphatic carbocycles. The summed E-state index contributed by atoms with van der Waals surface area (Å²) in [5, 5.41) is 0. The van der Waals surface area contributed by atoms with E-state index in [1.54, 1.807) is 0 Å². The number of benzene rings is 6. The zero-order chi connectivity index (χ0) is 28.9. The van der Waals surface area contributed by atoms with Gasteiger partial charge >= 0.3 is 0 Å². The summed E-state index contributed by atoms with van der Waals surface area (Å²) in [7, 11) is 0.